The lowest BCUT2D eigenvalue weighted by Crippen LogP contribution is -2.28. The van der Waals surface area contributed by atoms with Crippen LogP contribution in [0.2, 0.25) is 0 Å². The number of aromatic nitrogens is 2. The fraction of sp³-hybridized carbons (Fsp3) is 0.250. The maximum atomic E-state index is 11.4. The Kier molecular flexibility index (Phi) is 2.44. The van der Waals surface area contributed by atoms with Crippen LogP contribution in [0.25, 0.3) is 5.69 Å². The molecule has 0 amide bonds. The maximum Gasteiger partial charge on any atom is 0.330 e. The van der Waals surface area contributed by atoms with Crippen molar-refractivity contribution in [1.29, 1.82) is 0 Å². The molecule has 0 aliphatic rings. The molecule has 0 unspecified atom stereocenters. The number of benzene rings is 1. The Balaban J connectivity index is 2.41. The van der Waals surface area contributed by atoms with Gasteiger partial charge in [-0.1, -0.05) is 12.1 Å². The molecule has 1 aromatic heterocycles. The third-order valence-corrected chi connectivity index (χ3v) is 2.54. The van der Waals surface area contributed by atoms with Gasteiger partial charge in [0.05, 0.1) is 5.69 Å². The van der Waals surface area contributed by atoms with Crippen molar-refractivity contribution in [2.45, 2.75) is 19.4 Å². The Morgan fingerprint density at radius 2 is 1.88 bits per heavy atom. The summed E-state index contributed by atoms with van der Waals surface area (Å²) >= 11 is 0. The van der Waals surface area contributed by atoms with Crippen LogP contribution in [0.1, 0.15) is 19.4 Å². The van der Waals surface area contributed by atoms with Crippen LogP contribution in [-0.4, -0.2) is 9.55 Å². The molecular formula is C12H15N3O. The van der Waals surface area contributed by atoms with Crippen LogP contribution >= 0.6 is 0 Å². The van der Waals surface area contributed by atoms with Gasteiger partial charge in [0.2, 0.25) is 0 Å². The number of imidazole rings is 1. The Bertz CT molecular complexity index is 528. The Hall–Kier alpha value is -1.81. The second-order valence-electron chi connectivity index (χ2n) is 4.40. The highest BCUT2D eigenvalue weighted by Crippen LogP contribution is 2.18. The zero-order chi connectivity index (χ0) is 11.8. The predicted molar refractivity (Wildman–Crippen MR) is 63.6 cm³/mol. The molecule has 0 bridgehead atoms. The molecule has 0 aliphatic heterocycles. The van der Waals surface area contributed by atoms with Crippen molar-refractivity contribution in [3.63, 3.8) is 0 Å². The molecule has 0 spiro atoms. The predicted octanol–water partition coefficient (Wildman–Crippen LogP) is 1.36. The van der Waals surface area contributed by atoms with Gasteiger partial charge in [-0.05, 0) is 31.5 Å². The van der Waals surface area contributed by atoms with Crippen molar-refractivity contribution in [2.24, 2.45) is 5.73 Å². The maximum absolute atomic E-state index is 11.4. The lowest BCUT2D eigenvalue weighted by atomic mass is 9.96. The van der Waals surface area contributed by atoms with Crippen molar-refractivity contribution in [2.75, 3.05) is 0 Å². The van der Waals surface area contributed by atoms with Crippen molar-refractivity contribution >= 4 is 0 Å². The summed E-state index contributed by atoms with van der Waals surface area (Å²) < 4.78 is 1.55. The highest BCUT2D eigenvalue weighted by Gasteiger charge is 2.13. The number of H-pyrrole nitrogens is 1. The van der Waals surface area contributed by atoms with Gasteiger partial charge in [0.25, 0.3) is 0 Å². The first kappa shape index (κ1) is 10.7. The van der Waals surface area contributed by atoms with E-state index in [1.165, 1.54) is 0 Å². The monoisotopic (exact) mass is 217 g/mol. The summed E-state index contributed by atoms with van der Waals surface area (Å²) in [5.74, 6) is 0. The lowest BCUT2D eigenvalue weighted by molar-refractivity contribution is 0.554. The topological polar surface area (TPSA) is 63.8 Å². The van der Waals surface area contributed by atoms with Crippen LogP contribution in [0.5, 0.6) is 0 Å². The smallest absolute Gasteiger partial charge is 0.322 e. The Morgan fingerprint density at radius 1 is 1.25 bits per heavy atom. The van der Waals surface area contributed by atoms with E-state index in [1.54, 1.807) is 17.0 Å². The second kappa shape index (κ2) is 3.64. The first-order valence-corrected chi connectivity index (χ1v) is 5.14. The average molecular weight is 217 g/mol. The zero-order valence-corrected chi connectivity index (χ0v) is 9.40. The van der Waals surface area contributed by atoms with E-state index in [9.17, 15) is 4.79 Å². The fourth-order valence-electron chi connectivity index (χ4n) is 1.58. The van der Waals surface area contributed by atoms with Gasteiger partial charge in [0.1, 0.15) is 0 Å². The third-order valence-electron chi connectivity index (χ3n) is 2.54. The number of nitrogens with one attached hydrogen (secondary N) is 1. The highest BCUT2D eigenvalue weighted by molar-refractivity contribution is 5.36. The van der Waals surface area contributed by atoms with E-state index in [1.807, 2.05) is 38.1 Å². The zero-order valence-electron chi connectivity index (χ0n) is 9.40. The molecule has 0 saturated heterocycles. The van der Waals surface area contributed by atoms with E-state index in [0.717, 1.165) is 11.3 Å². The minimum absolute atomic E-state index is 0.139. The van der Waals surface area contributed by atoms with Crippen molar-refractivity contribution in [3.8, 4) is 5.69 Å². The molecule has 0 aliphatic carbocycles. The molecule has 84 valence electrons. The molecule has 1 heterocycles. The summed E-state index contributed by atoms with van der Waals surface area (Å²) in [6.45, 7) is 3.90. The van der Waals surface area contributed by atoms with Crippen LogP contribution in [0.3, 0.4) is 0 Å². The quantitative estimate of drug-likeness (QED) is 0.797. The Labute approximate surface area is 93.7 Å². The summed E-state index contributed by atoms with van der Waals surface area (Å²) in [5, 5.41) is 0. The van der Waals surface area contributed by atoms with Crippen LogP contribution in [-0.2, 0) is 5.54 Å². The summed E-state index contributed by atoms with van der Waals surface area (Å²) in [4.78, 5) is 14.0. The molecule has 0 saturated carbocycles. The average Bonchev–Trinajstić information content (AvgIpc) is 2.63. The molecular weight excluding hydrogens is 202 g/mol. The molecule has 3 N–H and O–H groups in total. The molecule has 0 fully saturated rings. The lowest BCUT2D eigenvalue weighted by Gasteiger charge is -2.19. The first-order chi connectivity index (χ1) is 7.48. The van der Waals surface area contributed by atoms with Crippen molar-refractivity contribution in [3.05, 3.63) is 52.7 Å². The minimum Gasteiger partial charge on any atom is -0.322 e. The number of hydrogen-bond acceptors (Lipinski definition) is 2. The Morgan fingerprint density at radius 3 is 2.31 bits per heavy atom. The van der Waals surface area contributed by atoms with Crippen LogP contribution in [0.15, 0.2) is 41.5 Å². The van der Waals surface area contributed by atoms with E-state index < -0.39 is 0 Å². The van der Waals surface area contributed by atoms with Gasteiger partial charge >= 0.3 is 5.69 Å². The molecule has 0 atom stereocenters. The fourth-order valence-corrected chi connectivity index (χ4v) is 1.58. The van der Waals surface area contributed by atoms with Crippen molar-refractivity contribution < 1.29 is 0 Å². The van der Waals surface area contributed by atoms with Gasteiger partial charge < -0.3 is 10.7 Å². The standard InChI is InChI=1S/C12H15N3O/c1-12(2,13)9-3-5-10(6-4-9)15-8-7-14-11(15)16/h3-8H,13H2,1-2H3,(H,14,16). The van der Waals surface area contributed by atoms with Crippen LogP contribution < -0.4 is 11.4 Å². The molecule has 1 aromatic carbocycles. The van der Waals surface area contributed by atoms with Crippen LogP contribution in [0, 0.1) is 0 Å². The normalized spacial score (nSPS) is 11.7. The third kappa shape index (κ3) is 1.92. The van der Waals surface area contributed by atoms with Gasteiger partial charge in [-0.3, -0.25) is 4.57 Å². The molecule has 0 radical (unpaired) electrons. The molecule has 2 aromatic rings. The van der Waals surface area contributed by atoms with Crippen molar-refractivity contribution in [1.82, 2.24) is 9.55 Å². The van der Waals surface area contributed by atoms with Gasteiger partial charge in [-0.15, -0.1) is 0 Å². The highest BCUT2D eigenvalue weighted by atomic mass is 16.1. The van der Waals surface area contributed by atoms with Gasteiger partial charge in [-0.2, -0.15) is 0 Å². The largest absolute Gasteiger partial charge is 0.330 e. The van der Waals surface area contributed by atoms with E-state index >= 15 is 0 Å². The summed E-state index contributed by atoms with van der Waals surface area (Å²) in [6.07, 6.45) is 3.31. The second-order valence-corrected chi connectivity index (χ2v) is 4.40. The first-order valence-electron chi connectivity index (χ1n) is 5.14. The number of nitrogens with two attached hydrogens (primary N) is 1. The molecule has 2 rings (SSSR count). The molecule has 4 heteroatoms. The van der Waals surface area contributed by atoms with E-state index in [2.05, 4.69) is 4.98 Å². The number of hydrogen-bond donors (Lipinski definition) is 2. The number of rotatable bonds is 2. The van der Waals surface area contributed by atoms with E-state index in [0.29, 0.717) is 0 Å². The summed E-state index contributed by atoms with van der Waals surface area (Å²) in [7, 11) is 0. The van der Waals surface area contributed by atoms with Crippen LogP contribution in [0.4, 0.5) is 0 Å². The molecule has 16 heavy (non-hydrogen) atoms. The van der Waals surface area contributed by atoms with Gasteiger partial charge in [0, 0.05) is 17.9 Å². The molecule has 4 nitrogen and oxygen atoms in total. The number of aromatic amines is 1. The van der Waals surface area contributed by atoms with Gasteiger partial charge in [0.15, 0.2) is 0 Å². The van der Waals surface area contributed by atoms with E-state index in [-0.39, 0.29) is 11.2 Å². The minimum atomic E-state index is -0.359. The summed E-state index contributed by atoms with van der Waals surface area (Å²) in [5.41, 5.74) is 7.36. The summed E-state index contributed by atoms with van der Waals surface area (Å²) in [6, 6.07) is 7.65. The van der Waals surface area contributed by atoms with Gasteiger partial charge in [-0.25, -0.2) is 4.79 Å². The van der Waals surface area contributed by atoms with E-state index in [4.69, 9.17) is 5.73 Å². The SMILES string of the molecule is CC(C)(N)c1ccc(-n2cc[nH]c2=O)cc1. The number of nitrogens with zero attached hydrogens (tertiary/aromatic N) is 1.